The van der Waals surface area contributed by atoms with Crippen molar-refractivity contribution >= 4 is 46.6 Å². The quantitative estimate of drug-likeness (QED) is 0.837. The van der Waals surface area contributed by atoms with E-state index in [9.17, 15) is 0 Å². The smallest absolute Gasteiger partial charge is 0.158 e. The number of piperidine rings is 1. The highest BCUT2D eigenvalue weighted by Crippen LogP contribution is 2.38. The minimum absolute atomic E-state index is 0.398. The van der Waals surface area contributed by atoms with Gasteiger partial charge in [0.15, 0.2) is 5.82 Å². The van der Waals surface area contributed by atoms with Gasteiger partial charge in [-0.2, -0.15) is 0 Å². The van der Waals surface area contributed by atoms with E-state index < -0.39 is 0 Å². The predicted octanol–water partition coefficient (Wildman–Crippen LogP) is 3.69. The van der Waals surface area contributed by atoms with E-state index in [1.165, 1.54) is 11.8 Å². The van der Waals surface area contributed by atoms with E-state index in [1.54, 1.807) is 12.3 Å². The Kier molecular flexibility index (Phi) is 5.71. The topological polar surface area (TPSA) is 81.1 Å². The first kappa shape index (κ1) is 17.6. The lowest BCUT2D eigenvalue weighted by atomic mass is 9.97. The molecule has 128 valence electrons. The van der Waals surface area contributed by atoms with E-state index in [0.29, 0.717) is 26.8 Å². The Balaban J connectivity index is 1.74. The van der Waals surface area contributed by atoms with Crippen LogP contribution in [0.2, 0.25) is 10.0 Å². The van der Waals surface area contributed by atoms with Gasteiger partial charge >= 0.3 is 0 Å². The van der Waals surface area contributed by atoms with Gasteiger partial charge in [-0.15, -0.1) is 0 Å². The molecule has 0 aliphatic carbocycles. The van der Waals surface area contributed by atoms with E-state index in [1.807, 2.05) is 12.1 Å². The highest BCUT2D eigenvalue weighted by molar-refractivity contribution is 7.99. The standard InChI is InChI=1S/C16H19Cl2N5S/c17-11-2-1-3-12(14(11)18)24-16-15(20)22-13(9-21-16)23-6-4-10(8-19)5-7-23/h1-3,9-10H,4-8,19H2,(H2,20,22). The fraction of sp³-hybridized carbons (Fsp3) is 0.375. The SMILES string of the molecule is NCC1CCN(c2cnc(Sc3cccc(Cl)c3Cl)c(N)n2)CC1. The Morgan fingerprint density at radius 2 is 2.00 bits per heavy atom. The van der Waals surface area contributed by atoms with Crippen LogP contribution in [0.4, 0.5) is 11.6 Å². The summed E-state index contributed by atoms with van der Waals surface area (Å²) in [6.07, 6.45) is 3.92. The molecule has 8 heteroatoms. The summed E-state index contributed by atoms with van der Waals surface area (Å²) in [6, 6.07) is 5.47. The third-order valence-electron chi connectivity index (χ3n) is 4.15. The largest absolute Gasteiger partial charge is 0.381 e. The number of hydrogen-bond donors (Lipinski definition) is 2. The highest BCUT2D eigenvalue weighted by Gasteiger charge is 2.20. The highest BCUT2D eigenvalue weighted by atomic mass is 35.5. The summed E-state index contributed by atoms with van der Waals surface area (Å²) >= 11 is 13.6. The maximum atomic E-state index is 6.22. The first-order chi connectivity index (χ1) is 11.6. The van der Waals surface area contributed by atoms with Crippen LogP contribution >= 0.6 is 35.0 Å². The summed E-state index contributed by atoms with van der Waals surface area (Å²) < 4.78 is 0. The molecule has 0 saturated carbocycles. The zero-order valence-corrected chi connectivity index (χ0v) is 15.4. The summed E-state index contributed by atoms with van der Waals surface area (Å²) in [5.41, 5.74) is 11.8. The van der Waals surface area contributed by atoms with E-state index in [2.05, 4.69) is 14.9 Å². The molecule has 24 heavy (non-hydrogen) atoms. The minimum atomic E-state index is 0.398. The lowest BCUT2D eigenvalue weighted by Crippen LogP contribution is -2.36. The Labute approximate surface area is 155 Å². The van der Waals surface area contributed by atoms with Crippen molar-refractivity contribution in [3.05, 3.63) is 34.4 Å². The average molecular weight is 384 g/mol. The van der Waals surface area contributed by atoms with Crippen LogP contribution in [0.3, 0.4) is 0 Å². The Morgan fingerprint density at radius 3 is 2.67 bits per heavy atom. The normalized spacial score (nSPS) is 15.7. The molecule has 0 amide bonds. The van der Waals surface area contributed by atoms with Crippen LogP contribution in [-0.2, 0) is 0 Å². The molecule has 0 unspecified atom stereocenters. The molecule has 2 aromatic rings. The van der Waals surface area contributed by atoms with Gasteiger partial charge in [0.2, 0.25) is 0 Å². The third kappa shape index (κ3) is 3.88. The maximum Gasteiger partial charge on any atom is 0.158 e. The van der Waals surface area contributed by atoms with Crippen molar-refractivity contribution in [2.24, 2.45) is 11.7 Å². The second-order valence-electron chi connectivity index (χ2n) is 5.74. The lowest BCUT2D eigenvalue weighted by Gasteiger charge is -2.32. The number of aromatic nitrogens is 2. The molecule has 1 aliphatic rings. The van der Waals surface area contributed by atoms with Crippen molar-refractivity contribution in [3.8, 4) is 0 Å². The summed E-state index contributed by atoms with van der Waals surface area (Å²) in [7, 11) is 0. The Bertz CT molecular complexity index is 720. The summed E-state index contributed by atoms with van der Waals surface area (Å²) in [4.78, 5) is 12.0. The fourth-order valence-electron chi connectivity index (χ4n) is 2.68. The van der Waals surface area contributed by atoms with Crippen molar-refractivity contribution in [3.63, 3.8) is 0 Å². The van der Waals surface area contributed by atoms with Crippen molar-refractivity contribution in [1.29, 1.82) is 0 Å². The van der Waals surface area contributed by atoms with Crippen LogP contribution in [0.15, 0.2) is 34.3 Å². The molecular formula is C16H19Cl2N5S. The summed E-state index contributed by atoms with van der Waals surface area (Å²) in [6.45, 7) is 2.61. The molecule has 4 N–H and O–H groups in total. The molecule has 0 radical (unpaired) electrons. The molecular weight excluding hydrogens is 365 g/mol. The first-order valence-corrected chi connectivity index (χ1v) is 9.35. The lowest BCUT2D eigenvalue weighted by molar-refractivity contribution is 0.413. The maximum absolute atomic E-state index is 6.22. The Morgan fingerprint density at radius 1 is 1.25 bits per heavy atom. The third-order valence-corrected chi connectivity index (χ3v) is 6.15. The van der Waals surface area contributed by atoms with Gasteiger partial charge in [0.05, 0.1) is 16.2 Å². The fourth-order valence-corrected chi connectivity index (χ4v) is 3.96. The molecule has 1 fully saturated rings. The zero-order valence-electron chi connectivity index (χ0n) is 13.1. The van der Waals surface area contributed by atoms with Crippen LogP contribution in [0.25, 0.3) is 0 Å². The molecule has 5 nitrogen and oxygen atoms in total. The number of halogens is 2. The molecule has 0 atom stereocenters. The van der Waals surface area contributed by atoms with Gasteiger partial charge in [0.25, 0.3) is 0 Å². The van der Waals surface area contributed by atoms with Crippen molar-refractivity contribution < 1.29 is 0 Å². The monoisotopic (exact) mass is 383 g/mol. The number of hydrogen-bond acceptors (Lipinski definition) is 6. The molecule has 0 spiro atoms. The first-order valence-electron chi connectivity index (χ1n) is 7.78. The molecule has 1 aliphatic heterocycles. The molecule has 2 heterocycles. The van der Waals surface area contributed by atoms with E-state index in [-0.39, 0.29) is 0 Å². The Hall–Kier alpha value is -1.21. The van der Waals surface area contributed by atoms with Gasteiger partial charge in [0.1, 0.15) is 10.8 Å². The molecule has 1 saturated heterocycles. The number of benzene rings is 1. The minimum Gasteiger partial charge on any atom is -0.381 e. The van der Waals surface area contributed by atoms with Crippen molar-refractivity contribution in [1.82, 2.24) is 9.97 Å². The molecule has 3 rings (SSSR count). The molecule has 1 aromatic heterocycles. The number of nitrogens with zero attached hydrogens (tertiary/aromatic N) is 3. The second kappa shape index (κ2) is 7.78. The van der Waals surface area contributed by atoms with Crippen molar-refractivity contribution in [2.75, 3.05) is 30.3 Å². The van der Waals surface area contributed by atoms with Crippen LogP contribution in [0, 0.1) is 5.92 Å². The molecule has 1 aromatic carbocycles. The van der Waals surface area contributed by atoms with Gasteiger partial charge in [-0.25, -0.2) is 9.97 Å². The number of anilines is 2. The van der Waals surface area contributed by atoms with Crippen LogP contribution < -0.4 is 16.4 Å². The van der Waals surface area contributed by atoms with E-state index >= 15 is 0 Å². The van der Waals surface area contributed by atoms with E-state index in [0.717, 1.165) is 43.2 Å². The van der Waals surface area contributed by atoms with Gasteiger partial charge in [-0.3, -0.25) is 0 Å². The van der Waals surface area contributed by atoms with Gasteiger partial charge < -0.3 is 16.4 Å². The van der Waals surface area contributed by atoms with Gasteiger partial charge in [-0.05, 0) is 37.4 Å². The summed E-state index contributed by atoms with van der Waals surface area (Å²) in [5, 5.41) is 1.63. The number of rotatable bonds is 4. The van der Waals surface area contributed by atoms with Gasteiger partial charge in [-0.1, -0.05) is 41.0 Å². The number of nitrogens with two attached hydrogens (primary N) is 2. The van der Waals surface area contributed by atoms with E-state index in [4.69, 9.17) is 34.7 Å². The number of nitrogen functional groups attached to an aromatic ring is 1. The zero-order chi connectivity index (χ0) is 17.1. The van der Waals surface area contributed by atoms with Crippen LogP contribution in [-0.4, -0.2) is 29.6 Å². The van der Waals surface area contributed by atoms with Crippen LogP contribution in [0.5, 0.6) is 0 Å². The van der Waals surface area contributed by atoms with Crippen LogP contribution in [0.1, 0.15) is 12.8 Å². The van der Waals surface area contributed by atoms with Gasteiger partial charge in [0, 0.05) is 18.0 Å². The predicted molar refractivity (Wildman–Crippen MR) is 101 cm³/mol. The summed E-state index contributed by atoms with van der Waals surface area (Å²) in [5.74, 6) is 1.81. The average Bonchev–Trinajstić information content (AvgIpc) is 2.60. The molecule has 0 bridgehead atoms. The second-order valence-corrected chi connectivity index (χ2v) is 7.55. The van der Waals surface area contributed by atoms with Crippen molar-refractivity contribution in [2.45, 2.75) is 22.8 Å².